The molecule has 0 saturated heterocycles. The second-order valence-electron chi connectivity index (χ2n) is 3.26. The highest BCUT2D eigenvalue weighted by atomic mass is 79.9. The zero-order chi connectivity index (χ0) is 12.3. The number of nitrogen functional groups attached to an aromatic ring is 1. The molecule has 0 aliphatic carbocycles. The van der Waals surface area contributed by atoms with Crippen LogP contribution in [0.3, 0.4) is 0 Å². The number of hydrogen-bond donors (Lipinski definition) is 2. The van der Waals surface area contributed by atoms with Gasteiger partial charge in [0.2, 0.25) is 0 Å². The third-order valence-electron chi connectivity index (χ3n) is 2.04. The van der Waals surface area contributed by atoms with Crippen LogP contribution < -0.4 is 11.1 Å². The van der Waals surface area contributed by atoms with Crippen molar-refractivity contribution in [2.24, 2.45) is 0 Å². The highest BCUT2D eigenvalue weighted by molar-refractivity contribution is 9.10. The van der Waals surface area contributed by atoms with Crippen LogP contribution >= 0.6 is 15.9 Å². The summed E-state index contributed by atoms with van der Waals surface area (Å²) in [6, 6.07) is 6.86. The van der Waals surface area contributed by atoms with Crippen molar-refractivity contribution in [1.82, 2.24) is 9.97 Å². The van der Waals surface area contributed by atoms with Gasteiger partial charge in [-0.3, -0.25) is 4.79 Å². The molecule has 2 aromatic heterocycles. The monoisotopic (exact) mass is 292 g/mol. The van der Waals surface area contributed by atoms with Crippen LogP contribution in [0, 0.1) is 0 Å². The van der Waals surface area contributed by atoms with Crippen LogP contribution in [0.4, 0.5) is 11.6 Å². The van der Waals surface area contributed by atoms with Gasteiger partial charge in [0.15, 0.2) is 0 Å². The molecule has 2 aromatic rings. The van der Waals surface area contributed by atoms with E-state index in [1.165, 1.54) is 6.20 Å². The first kappa shape index (κ1) is 11.5. The molecule has 6 heteroatoms. The second-order valence-corrected chi connectivity index (χ2v) is 4.17. The molecule has 0 radical (unpaired) electrons. The maximum Gasteiger partial charge on any atom is 0.260 e. The number of aromatic nitrogens is 2. The largest absolute Gasteiger partial charge is 0.383 e. The SMILES string of the molecule is Nc1ncc(Br)cc1C(=O)Nc1ccccn1. The molecule has 17 heavy (non-hydrogen) atoms. The minimum absolute atomic E-state index is 0.182. The first-order valence-corrected chi connectivity index (χ1v) is 5.59. The normalized spacial score (nSPS) is 9.94. The maximum absolute atomic E-state index is 11.9. The molecule has 0 bridgehead atoms. The molecule has 0 aliphatic rings. The van der Waals surface area contributed by atoms with Gasteiger partial charge in [0.1, 0.15) is 11.6 Å². The average Bonchev–Trinajstić information content (AvgIpc) is 2.33. The molecular weight excluding hydrogens is 284 g/mol. The van der Waals surface area contributed by atoms with Crippen molar-refractivity contribution in [3.05, 3.63) is 46.7 Å². The molecule has 0 aromatic carbocycles. The summed E-state index contributed by atoms with van der Waals surface area (Å²) in [5.41, 5.74) is 5.94. The van der Waals surface area contributed by atoms with Crippen LogP contribution in [0.25, 0.3) is 0 Å². The van der Waals surface area contributed by atoms with Gasteiger partial charge < -0.3 is 11.1 Å². The summed E-state index contributed by atoms with van der Waals surface area (Å²) in [5, 5.41) is 2.64. The molecule has 2 rings (SSSR count). The average molecular weight is 293 g/mol. The van der Waals surface area contributed by atoms with E-state index in [1.54, 1.807) is 30.5 Å². The van der Waals surface area contributed by atoms with Crippen molar-refractivity contribution in [2.75, 3.05) is 11.1 Å². The fraction of sp³-hybridized carbons (Fsp3) is 0. The number of halogens is 1. The minimum atomic E-state index is -0.338. The van der Waals surface area contributed by atoms with E-state index < -0.39 is 0 Å². The van der Waals surface area contributed by atoms with E-state index >= 15 is 0 Å². The Morgan fingerprint density at radius 3 is 2.88 bits per heavy atom. The molecule has 86 valence electrons. The summed E-state index contributed by atoms with van der Waals surface area (Å²) in [7, 11) is 0. The van der Waals surface area contributed by atoms with Crippen LogP contribution in [-0.2, 0) is 0 Å². The number of carbonyl (C=O) groups excluding carboxylic acids is 1. The number of amides is 1. The lowest BCUT2D eigenvalue weighted by Crippen LogP contribution is -2.15. The second kappa shape index (κ2) is 4.92. The lowest BCUT2D eigenvalue weighted by Gasteiger charge is -2.06. The summed E-state index contributed by atoms with van der Waals surface area (Å²) in [6.07, 6.45) is 3.13. The quantitative estimate of drug-likeness (QED) is 0.888. The Kier molecular flexibility index (Phi) is 3.34. The Hall–Kier alpha value is -1.95. The van der Waals surface area contributed by atoms with Gasteiger partial charge in [0.25, 0.3) is 5.91 Å². The molecule has 2 heterocycles. The van der Waals surface area contributed by atoms with Crippen molar-refractivity contribution >= 4 is 33.5 Å². The molecule has 0 fully saturated rings. The number of nitrogens with one attached hydrogen (secondary N) is 1. The zero-order valence-electron chi connectivity index (χ0n) is 8.72. The predicted octanol–water partition coefficient (Wildman–Crippen LogP) is 2.07. The topological polar surface area (TPSA) is 80.9 Å². The highest BCUT2D eigenvalue weighted by Crippen LogP contribution is 2.16. The van der Waals surface area contributed by atoms with E-state index in [4.69, 9.17) is 5.73 Å². The van der Waals surface area contributed by atoms with Crippen molar-refractivity contribution in [3.63, 3.8) is 0 Å². The summed E-state index contributed by atoms with van der Waals surface area (Å²) in [5.74, 6) is 0.313. The Labute approximate surface area is 106 Å². The molecule has 0 unspecified atom stereocenters. The van der Waals surface area contributed by atoms with Crippen LogP contribution in [0.2, 0.25) is 0 Å². The Morgan fingerprint density at radius 1 is 1.35 bits per heavy atom. The number of hydrogen-bond acceptors (Lipinski definition) is 4. The molecule has 0 atom stereocenters. The minimum Gasteiger partial charge on any atom is -0.383 e. The van der Waals surface area contributed by atoms with Gasteiger partial charge in [-0.2, -0.15) is 0 Å². The zero-order valence-corrected chi connectivity index (χ0v) is 10.3. The standard InChI is InChI=1S/C11H9BrN4O/c12-7-5-8(10(13)15-6-7)11(17)16-9-3-1-2-4-14-9/h1-6H,(H2,13,15)(H,14,16,17). The molecular formula is C11H9BrN4O. The number of carbonyl (C=O) groups is 1. The highest BCUT2D eigenvalue weighted by Gasteiger charge is 2.11. The first-order chi connectivity index (χ1) is 8.16. The Morgan fingerprint density at radius 2 is 2.18 bits per heavy atom. The lowest BCUT2D eigenvalue weighted by atomic mass is 10.2. The van der Waals surface area contributed by atoms with E-state index in [2.05, 4.69) is 31.2 Å². The number of nitrogens with two attached hydrogens (primary N) is 1. The Balaban J connectivity index is 2.23. The molecule has 5 nitrogen and oxygen atoms in total. The van der Waals surface area contributed by atoms with Gasteiger partial charge in [-0.25, -0.2) is 9.97 Å². The molecule has 0 saturated carbocycles. The summed E-state index contributed by atoms with van der Waals surface area (Å²) in [4.78, 5) is 19.8. The third kappa shape index (κ3) is 2.79. The van der Waals surface area contributed by atoms with Crippen LogP contribution in [0.1, 0.15) is 10.4 Å². The number of rotatable bonds is 2. The van der Waals surface area contributed by atoms with Crippen LogP contribution in [-0.4, -0.2) is 15.9 Å². The summed E-state index contributed by atoms with van der Waals surface area (Å²) < 4.78 is 0.692. The van der Waals surface area contributed by atoms with E-state index in [0.717, 1.165) is 0 Å². The molecule has 0 aliphatic heterocycles. The smallest absolute Gasteiger partial charge is 0.260 e. The van der Waals surface area contributed by atoms with Crippen molar-refractivity contribution in [2.45, 2.75) is 0 Å². The fourth-order valence-corrected chi connectivity index (χ4v) is 1.58. The van der Waals surface area contributed by atoms with E-state index in [1.807, 2.05) is 0 Å². The number of anilines is 2. The Bertz CT molecular complexity index is 544. The van der Waals surface area contributed by atoms with Crippen LogP contribution in [0.5, 0.6) is 0 Å². The van der Waals surface area contributed by atoms with Gasteiger partial charge in [-0.1, -0.05) is 6.07 Å². The maximum atomic E-state index is 11.9. The predicted molar refractivity (Wildman–Crippen MR) is 68.5 cm³/mol. The van der Waals surface area contributed by atoms with Gasteiger partial charge in [0, 0.05) is 16.9 Å². The number of pyridine rings is 2. The van der Waals surface area contributed by atoms with Crippen molar-refractivity contribution in [1.29, 1.82) is 0 Å². The fourth-order valence-electron chi connectivity index (χ4n) is 1.25. The van der Waals surface area contributed by atoms with Gasteiger partial charge >= 0.3 is 0 Å². The molecule has 3 N–H and O–H groups in total. The lowest BCUT2D eigenvalue weighted by molar-refractivity contribution is 0.102. The van der Waals surface area contributed by atoms with Gasteiger partial charge in [-0.05, 0) is 34.1 Å². The van der Waals surface area contributed by atoms with Gasteiger partial charge in [-0.15, -0.1) is 0 Å². The number of nitrogens with zero attached hydrogens (tertiary/aromatic N) is 2. The summed E-state index contributed by atoms with van der Waals surface area (Å²) in [6.45, 7) is 0. The molecule has 0 spiro atoms. The van der Waals surface area contributed by atoms with Gasteiger partial charge in [0.05, 0.1) is 5.56 Å². The van der Waals surface area contributed by atoms with Crippen molar-refractivity contribution in [3.8, 4) is 0 Å². The van der Waals surface area contributed by atoms with Crippen LogP contribution in [0.15, 0.2) is 41.1 Å². The first-order valence-electron chi connectivity index (χ1n) is 4.80. The van der Waals surface area contributed by atoms with Crippen molar-refractivity contribution < 1.29 is 4.79 Å². The molecule has 1 amide bonds. The van der Waals surface area contributed by atoms with E-state index in [9.17, 15) is 4.79 Å². The summed E-state index contributed by atoms with van der Waals surface area (Å²) >= 11 is 3.24. The van der Waals surface area contributed by atoms with E-state index in [0.29, 0.717) is 15.9 Å². The van der Waals surface area contributed by atoms with E-state index in [-0.39, 0.29) is 11.7 Å². The third-order valence-corrected chi connectivity index (χ3v) is 2.47.